The van der Waals surface area contributed by atoms with E-state index in [4.69, 9.17) is 9.47 Å². The van der Waals surface area contributed by atoms with Crippen LogP contribution < -0.4 is 5.32 Å². The van der Waals surface area contributed by atoms with Crippen LogP contribution in [0, 0.1) is 6.92 Å². The van der Waals surface area contributed by atoms with Gasteiger partial charge in [-0.15, -0.1) is 11.3 Å². The van der Waals surface area contributed by atoms with Gasteiger partial charge in [-0.2, -0.15) is 0 Å². The van der Waals surface area contributed by atoms with Crippen molar-refractivity contribution < 1.29 is 23.9 Å². The van der Waals surface area contributed by atoms with Gasteiger partial charge in [0.2, 0.25) is 5.91 Å². The highest BCUT2D eigenvalue weighted by Gasteiger charge is 2.29. The summed E-state index contributed by atoms with van der Waals surface area (Å²) in [5.74, 6) is -1.24. The number of amides is 1. The summed E-state index contributed by atoms with van der Waals surface area (Å²) in [6.07, 6.45) is 7.06. The number of hydrogen-bond donors (Lipinski definition) is 1. The normalized spacial score (nSPS) is 14.2. The molecule has 7 nitrogen and oxygen atoms in total. The lowest BCUT2D eigenvalue weighted by Crippen LogP contribution is -2.21. The number of aromatic nitrogens is 1. The molecule has 0 saturated heterocycles. The summed E-state index contributed by atoms with van der Waals surface area (Å²) in [6.45, 7) is 4.11. The molecule has 1 aliphatic rings. The van der Waals surface area contributed by atoms with Gasteiger partial charge in [0.25, 0.3) is 0 Å². The van der Waals surface area contributed by atoms with E-state index >= 15 is 0 Å². The van der Waals surface area contributed by atoms with E-state index in [9.17, 15) is 14.4 Å². The van der Waals surface area contributed by atoms with Gasteiger partial charge < -0.3 is 19.4 Å². The van der Waals surface area contributed by atoms with E-state index in [1.165, 1.54) is 0 Å². The van der Waals surface area contributed by atoms with Crippen molar-refractivity contribution in [3.05, 3.63) is 52.5 Å². The number of nitrogens with one attached hydrogen (secondary N) is 1. The predicted octanol–water partition coefficient (Wildman–Crippen LogP) is 5.71. The molecule has 0 atom stereocenters. The number of thiophene rings is 1. The Morgan fingerprint density at radius 1 is 1.09 bits per heavy atom. The second-order valence-electron chi connectivity index (χ2n) is 8.51. The first-order valence-corrected chi connectivity index (χ1v) is 12.6. The summed E-state index contributed by atoms with van der Waals surface area (Å²) in [5.41, 5.74) is 1.76. The molecule has 8 heteroatoms. The maximum absolute atomic E-state index is 12.9. The minimum atomic E-state index is -0.556. The van der Waals surface area contributed by atoms with Gasteiger partial charge in [0.15, 0.2) is 0 Å². The molecular formula is C26H30N2O5S. The Hall–Kier alpha value is -3.13. The van der Waals surface area contributed by atoms with Crippen LogP contribution in [0.5, 0.6) is 0 Å². The van der Waals surface area contributed by atoms with Crippen molar-refractivity contribution in [3.8, 4) is 0 Å². The quantitative estimate of drug-likeness (QED) is 0.416. The molecule has 180 valence electrons. The van der Waals surface area contributed by atoms with Crippen LogP contribution in [-0.4, -0.2) is 35.1 Å². The maximum atomic E-state index is 12.9. The van der Waals surface area contributed by atoms with Gasteiger partial charge in [0.1, 0.15) is 16.0 Å². The highest BCUT2D eigenvalue weighted by Crippen LogP contribution is 2.35. The third kappa shape index (κ3) is 5.33. The predicted molar refractivity (Wildman–Crippen MR) is 132 cm³/mol. The fourth-order valence-electron chi connectivity index (χ4n) is 4.38. The fraction of sp³-hybridized carbons (Fsp3) is 0.423. The molecule has 0 spiro atoms. The lowest BCUT2D eigenvalue weighted by molar-refractivity contribution is -0.116. The molecule has 0 aliphatic heterocycles. The van der Waals surface area contributed by atoms with Crippen LogP contribution in [0.2, 0.25) is 0 Å². The molecule has 2 heterocycles. The lowest BCUT2D eigenvalue weighted by atomic mass is 9.98. The van der Waals surface area contributed by atoms with Crippen molar-refractivity contribution in [3.63, 3.8) is 0 Å². The Bertz CT molecular complexity index is 1190. The SMILES string of the molecule is CCOC(=O)c1c(NC(=O)CCn2ccc3ccccc32)sc(C(=O)OC2CCCCC2)c1C. The van der Waals surface area contributed by atoms with Gasteiger partial charge >= 0.3 is 11.9 Å². The summed E-state index contributed by atoms with van der Waals surface area (Å²) >= 11 is 1.08. The van der Waals surface area contributed by atoms with Crippen LogP contribution in [-0.2, 0) is 20.8 Å². The highest BCUT2D eigenvalue weighted by molar-refractivity contribution is 7.18. The highest BCUT2D eigenvalue weighted by atomic mass is 32.1. The third-order valence-corrected chi connectivity index (χ3v) is 7.34. The Balaban J connectivity index is 1.49. The minimum Gasteiger partial charge on any atom is -0.462 e. The second kappa shape index (κ2) is 10.9. The number of para-hydroxylation sites is 1. The van der Waals surface area contributed by atoms with E-state index in [2.05, 4.69) is 5.32 Å². The molecule has 1 aromatic carbocycles. The number of nitrogens with zero attached hydrogens (tertiary/aromatic N) is 1. The molecule has 34 heavy (non-hydrogen) atoms. The van der Waals surface area contributed by atoms with Crippen LogP contribution in [0.4, 0.5) is 5.00 Å². The Labute approximate surface area is 203 Å². The summed E-state index contributed by atoms with van der Waals surface area (Å²) in [5, 5.41) is 4.28. The average molecular weight is 483 g/mol. The number of rotatable bonds is 8. The number of carbonyl (C=O) groups is 3. The van der Waals surface area contributed by atoms with Gasteiger partial charge in [0.05, 0.1) is 12.2 Å². The zero-order chi connectivity index (χ0) is 24.1. The monoisotopic (exact) mass is 482 g/mol. The van der Waals surface area contributed by atoms with E-state index in [0.717, 1.165) is 54.3 Å². The molecule has 1 aliphatic carbocycles. The molecule has 0 bridgehead atoms. The number of aryl methyl sites for hydroxylation is 1. The Morgan fingerprint density at radius 2 is 1.85 bits per heavy atom. The first kappa shape index (κ1) is 24.0. The largest absolute Gasteiger partial charge is 0.462 e. The third-order valence-electron chi connectivity index (χ3n) is 6.15. The zero-order valence-electron chi connectivity index (χ0n) is 19.6. The van der Waals surface area contributed by atoms with Crippen molar-refractivity contribution in [2.75, 3.05) is 11.9 Å². The topological polar surface area (TPSA) is 86.6 Å². The summed E-state index contributed by atoms with van der Waals surface area (Å²) in [7, 11) is 0. The van der Waals surface area contributed by atoms with Crippen molar-refractivity contribution in [2.24, 2.45) is 0 Å². The van der Waals surface area contributed by atoms with Crippen LogP contribution >= 0.6 is 11.3 Å². The van der Waals surface area contributed by atoms with E-state index in [-0.39, 0.29) is 30.6 Å². The summed E-state index contributed by atoms with van der Waals surface area (Å²) in [4.78, 5) is 38.7. The number of ether oxygens (including phenoxy) is 2. The molecule has 1 amide bonds. The zero-order valence-corrected chi connectivity index (χ0v) is 20.4. The number of fused-ring (bicyclic) bond motifs is 1. The van der Waals surface area contributed by atoms with Gasteiger partial charge in [-0.05, 0) is 62.6 Å². The fourth-order valence-corrected chi connectivity index (χ4v) is 5.47. The van der Waals surface area contributed by atoms with Crippen molar-refractivity contribution in [1.82, 2.24) is 4.57 Å². The van der Waals surface area contributed by atoms with Gasteiger partial charge in [-0.25, -0.2) is 9.59 Å². The van der Waals surface area contributed by atoms with Gasteiger partial charge in [-0.1, -0.05) is 24.6 Å². The molecular weight excluding hydrogens is 452 g/mol. The van der Waals surface area contributed by atoms with Crippen LogP contribution in [0.25, 0.3) is 10.9 Å². The van der Waals surface area contributed by atoms with E-state index < -0.39 is 11.9 Å². The smallest absolute Gasteiger partial charge is 0.348 e. The van der Waals surface area contributed by atoms with Crippen molar-refractivity contribution >= 4 is 45.1 Å². The first-order chi connectivity index (χ1) is 16.5. The number of benzene rings is 1. The van der Waals surface area contributed by atoms with E-state index in [1.807, 2.05) is 41.1 Å². The number of esters is 2. The van der Waals surface area contributed by atoms with E-state index in [0.29, 0.717) is 22.0 Å². The molecule has 4 rings (SSSR count). The van der Waals surface area contributed by atoms with Crippen LogP contribution in [0.3, 0.4) is 0 Å². The minimum absolute atomic E-state index is 0.0942. The number of anilines is 1. The van der Waals surface area contributed by atoms with Crippen molar-refractivity contribution in [2.45, 2.75) is 65.0 Å². The molecule has 1 saturated carbocycles. The van der Waals surface area contributed by atoms with Crippen LogP contribution in [0.1, 0.15) is 71.0 Å². The van der Waals surface area contributed by atoms with Crippen LogP contribution in [0.15, 0.2) is 36.5 Å². The van der Waals surface area contributed by atoms with Gasteiger partial charge in [0, 0.05) is 24.7 Å². The second-order valence-corrected chi connectivity index (χ2v) is 9.53. The standard InChI is InChI=1S/C26H30N2O5S/c1-3-32-25(30)22-17(2)23(26(31)33-19-10-5-4-6-11-19)34-24(22)27-21(29)14-16-28-15-13-18-9-7-8-12-20(18)28/h7-9,12-13,15,19H,3-6,10-11,14,16H2,1-2H3,(H,27,29). The van der Waals surface area contributed by atoms with E-state index in [1.54, 1.807) is 13.8 Å². The molecule has 3 aromatic rings. The summed E-state index contributed by atoms with van der Waals surface area (Å²) < 4.78 is 12.9. The Morgan fingerprint density at radius 3 is 2.62 bits per heavy atom. The summed E-state index contributed by atoms with van der Waals surface area (Å²) in [6, 6.07) is 10.00. The maximum Gasteiger partial charge on any atom is 0.348 e. The molecule has 0 radical (unpaired) electrons. The van der Waals surface area contributed by atoms with Gasteiger partial charge in [-0.3, -0.25) is 4.79 Å². The molecule has 1 fully saturated rings. The number of hydrogen-bond acceptors (Lipinski definition) is 6. The Kier molecular flexibility index (Phi) is 7.67. The lowest BCUT2D eigenvalue weighted by Gasteiger charge is -2.21. The molecule has 0 unspecified atom stereocenters. The molecule has 2 aromatic heterocycles. The number of carbonyl (C=O) groups excluding carboxylic acids is 3. The van der Waals surface area contributed by atoms with Crippen molar-refractivity contribution in [1.29, 1.82) is 0 Å². The average Bonchev–Trinajstić information content (AvgIpc) is 3.39. The first-order valence-electron chi connectivity index (χ1n) is 11.8. The molecule has 1 N–H and O–H groups in total.